The first-order valence-electron chi connectivity index (χ1n) is 9.25. The molecular formula is C21H29N3O. The van der Waals surface area contributed by atoms with E-state index < -0.39 is 0 Å². The van der Waals surface area contributed by atoms with Crippen molar-refractivity contribution in [3.63, 3.8) is 0 Å². The number of carbonyl (C=O) groups excluding carboxylic acids is 1. The third-order valence-electron chi connectivity index (χ3n) is 5.36. The Morgan fingerprint density at radius 2 is 2.00 bits per heavy atom. The summed E-state index contributed by atoms with van der Waals surface area (Å²) in [4.78, 5) is 12.8. The van der Waals surface area contributed by atoms with Gasteiger partial charge in [-0.1, -0.05) is 30.3 Å². The van der Waals surface area contributed by atoms with Gasteiger partial charge in [0.25, 0.3) is 5.91 Å². The maximum atomic E-state index is 12.8. The molecule has 1 aromatic carbocycles. The van der Waals surface area contributed by atoms with Crippen molar-refractivity contribution in [3.8, 4) is 0 Å². The van der Waals surface area contributed by atoms with Crippen LogP contribution >= 0.6 is 0 Å². The molecule has 0 saturated carbocycles. The Hall–Kier alpha value is -2.07. The summed E-state index contributed by atoms with van der Waals surface area (Å²) in [7, 11) is 0. The van der Waals surface area contributed by atoms with Crippen molar-refractivity contribution in [2.75, 3.05) is 6.54 Å². The molecule has 3 unspecified atom stereocenters. The third-order valence-corrected chi connectivity index (χ3v) is 5.36. The topological polar surface area (TPSA) is 46.1 Å². The van der Waals surface area contributed by atoms with Crippen LogP contribution in [0.25, 0.3) is 0 Å². The summed E-state index contributed by atoms with van der Waals surface area (Å²) >= 11 is 0. The number of hydrogen-bond donors (Lipinski definition) is 2. The van der Waals surface area contributed by atoms with E-state index in [9.17, 15) is 4.79 Å². The van der Waals surface area contributed by atoms with E-state index in [1.54, 1.807) is 0 Å². The fourth-order valence-electron chi connectivity index (χ4n) is 4.01. The molecule has 0 radical (unpaired) electrons. The molecule has 0 aliphatic carbocycles. The van der Waals surface area contributed by atoms with Gasteiger partial charge in [0.2, 0.25) is 0 Å². The molecule has 1 saturated heterocycles. The normalized spacial score (nSPS) is 21.8. The van der Waals surface area contributed by atoms with Gasteiger partial charge in [0, 0.05) is 23.5 Å². The summed E-state index contributed by atoms with van der Waals surface area (Å²) in [5.74, 6) is 0.0544. The largest absolute Gasteiger partial charge is 0.349 e. The average Bonchev–Trinajstić information content (AvgIpc) is 2.90. The summed E-state index contributed by atoms with van der Waals surface area (Å²) in [6, 6.07) is 13.4. The van der Waals surface area contributed by atoms with Crippen molar-refractivity contribution in [2.24, 2.45) is 0 Å². The monoisotopic (exact) mass is 339 g/mol. The van der Waals surface area contributed by atoms with E-state index in [4.69, 9.17) is 0 Å². The Morgan fingerprint density at radius 3 is 2.68 bits per heavy atom. The number of aryl methyl sites for hydroxylation is 1. The molecule has 1 fully saturated rings. The van der Waals surface area contributed by atoms with E-state index in [-0.39, 0.29) is 18.0 Å². The van der Waals surface area contributed by atoms with Gasteiger partial charge in [-0.2, -0.15) is 0 Å². The summed E-state index contributed by atoms with van der Waals surface area (Å²) in [5, 5.41) is 6.66. The SMILES string of the molecule is Cc1cc(C(=O)NC2CCNC(C)C2)c(C)n1C(C)c1ccccc1. The second-order valence-corrected chi connectivity index (χ2v) is 7.29. The molecule has 3 atom stereocenters. The molecule has 1 aromatic heterocycles. The van der Waals surface area contributed by atoms with Gasteiger partial charge < -0.3 is 15.2 Å². The minimum Gasteiger partial charge on any atom is -0.349 e. The average molecular weight is 339 g/mol. The molecule has 1 aliphatic heterocycles. The van der Waals surface area contributed by atoms with Crippen molar-refractivity contribution in [1.29, 1.82) is 0 Å². The Kier molecular flexibility index (Phi) is 5.28. The molecule has 134 valence electrons. The molecule has 1 amide bonds. The van der Waals surface area contributed by atoms with Crippen molar-refractivity contribution >= 4 is 5.91 Å². The minimum atomic E-state index is 0.0544. The highest BCUT2D eigenvalue weighted by Gasteiger charge is 2.24. The Morgan fingerprint density at radius 1 is 1.28 bits per heavy atom. The van der Waals surface area contributed by atoms with Crippen molar-refractivity contribution in [1.82, 2.24) is 15.2 Å². The van der Waals surface area contributed by atoms with Crippen LogP contribution in [0.3, 0.4) is 0 Å². The highest BCUT2D eigenvalue weighted by Crippen LogP contribution is 2.25. The predicted molar refractivity (Wildman–Crippen MR) is 102 cm³/mol. The zero-order chi connectivity index (χ0) is 18.0. The number of amides is 1. The molecular weight excluding hydrogens is 310 g/mol. The van der Waals surface area contributed by atoms with Crippen LogP contribution < -0.4 is 10.6 Å². The van der Waals surface area contributed by atoms with Crippen LogP contribution in [0.15, 0.2) is 36.4 Å². The number of hydrogen-bond acceptors (Lipinski definition) is 2. The van der Waals surface area contributed by atoms with Crippen LogP contribution in [-0.2, 0) is 0 Å². The van der Waals surface area contributed by atoms with Crippen LogP contribution in [0.5, 0.6) is 0 Å². The highest BCUT2D eigenvalue weighted by molar-refractivity contribution is 5.96. The van der Waals surface area contributed by atoms with Gasteiger partial charge in [-0.15, -0.1) is 0 Å². The lowest BCUT2D eigenvalue weighted by Crippen LogP contribution is -2.46. The fourth-order valence-corrected chi connectivity index (χ4v) is 4.01. The number of carbonyl (C=O) groups is 1. The van der Waals surface area contributed by atoms with Crippen LogP contribution in [0.4, 0.5) is 0 Å². The molecule has 0 spiro atoms. The van der Waals surface area contributed by atoms with E-state index in [0.29, 0.717) is 6.04 Å². The lowest BCUT2D eigenvalue weighted by Gasteiger charge is -2.28. The first kappa shape index (κ1) is 17.7. The van der Waals surface area contributed by atoms with E-state index in [2.05, 4.69) is 60.2 Å². The summed E-state index contributed by atoms with van der Waals surface area (Å²) in [5.41, 5.74) is 4.21. The third kappa shape index (κ3) is 3.79. The molecule has 2 heterocycles. The summed E-state index contributed by atoms with van der Waals surface area (Å²) < 4.78 is 2.26. The van der Waals surface area contributed by atoms with Gasteiger partial charge in [-0.25, -0.2) is 0 Å². The van der Waals surface area contributed by atoms with Crippen LogP contribution in [-0.4, -0.2) is 29.1 Å². The standard InChI is InChI=1S/C21H29N3O/c1-14-12-19(10-11-22-14)23-21(25)20-13-15(2)24(17(20)4)16(3)18-8-6-5-7-9-18/h5-9,13-14,16,19,22H,10-12H2,1-4H3,(H,23,25). The van der Waals surface area contributed by atoms with Crippen LogP contribution in [0.1, 0.15) is 60.0 Å². The molecule has 3 rings (SSSR count). The molecule has 0 bridgehead atoms. The van der Waals surface area contributed by atoms with E-state index in [1.807, 2.05) is 19.1 Å². The zero-order valence-electron chi connectivity index (χ0n) is 15.7. The van der Waals surface area contributed by atoms with Gasteiger partial charge in [0.05, 0.1) is 11.6 Å². The van der Waals surface area contributed by atoms with Crippen LogP contribution in [0.2, 0.25) is 0 Å². The first-order chi connectivity index (χ1) is 12.0. The molecule has 25 heavy (non-hydrogen) atoms. The number of benzene rings is 1. The van der Waals surface area contributed by atoms with Gasteiger partial charge in [0.1, 0.15) is 0 Å². The smallest absolute Gasteiger partial charge is 0.253 e. The summed E-state index contributed by atoms with van der Waals surface area (Å²) in [6.45, 7) is 9.45. The maximum Gasteiger partial charge on any atom is 0.253 e. The predicted octanol–water partition coefficient (Wildman–Crippen LogP) is 3.58. The van der Waals surface area contributed by atoms with E-state index in [0.717, 1.165) is 36.3 Å². The van der Waals surface area contributed by atoms with Gasteiger partial charge >= 0.3 is 0 Å². The number of piperidine rings is 1. The minimum absolute atomic E-state index is 0.0544. The number of rotatable bonds is 4. The van der Waals surface area contributed by atoms with Gasteiger partial charge in [-0.3, -0.25) is 4.79 Å². The van der Waals surface area contributed by atoms with E-state index >= 15 is 0 Å². The van der Waals surface area contributed by atoms with Gasteiger partial charge in [-0.05, 0) is 58.7 Å². The molecule has 1 aliphatic rings. The maximum absolute atomic E-state index is 12.8. The highest BCUT2D eigenvalue weighted by atomic mass is 16.1. The second kappa shape index (κ2) is 7.44. The quantitative estimate of drug-likeness (QED) is 0.894. The Balaban J connectivity index is 1.80. The number of nitrogens with one attached hydrogen (secondary N) is 2. The molecule has 4 heteroatoms. The number of aromatic nitrogens is 1. The lowest BCUT2D eigenvalue weighted by atomic mass is 10.0. The number of nitrogens with zero attached hydrogens (tertiary/aromatic N) is 1. The zero-order valence-corrected chi connectivity index (χ0v) is 15.7. The Bertz CT molecular complexity index is 735. The summed E-state index contributed by atoms with van der Waals surface area (Å²) in [6.07, 6.45) is 1.99. The molecule has 4 nitrogen and oxygen atoms in total. The lowest BCUT2D eigenvalue weighted by molar-refractivity contribution is 0.0925. The van der Waals surface area contributed by atoms with Crippen molar-refractivity contribution < 1.29 is 4.79 Å². The fraction of sp³-hybridized carbons (Fsp3) is 0.476. The molecule has 2 N–H and O–H groups in total. The molecule has 2 aromatic rings. The van der Waals surface area contributed by atoms with Gasteiger partial charge in [0.15, 0.2) is 0 Å². The van der Waals surface area contributed by atoms with Crippen molar-refractivity contribution in [2.45, 2.75) is 58.7 Å². The Labute approximate surface area is 150 Å². The van der Waals surface area contributed by atoms with Crippen molar-refractivity contribution in [3.05, 3.63) is 58.9 Å². The second-order valence-electron chi connectivity index (χ2n) is 7.29. The van der Waals surface area contributed by atoms with Crippen LogP contribution in [0, 0.1) is 13.8 Å². The van der Waals surface area contributed by atoms with E-state index in [1.165, 1.54) is 5.56 Å². The first-order valence-corrected chi connectivity index (χ1v) is 9.25.